The van der Waals surface area contributed by atoms with Gasteiger partial charge in [0.25, 0.3) is 0 Å². The Kier molecular flexibility index (Phi) is 6.84. The van der Waals surface area contributed by atoms with Gasteiger partial charge in [0, 0.05) is 31.7 Å². The number of likely N-dealkylation sites (N-methyl/N-ethyl adjacent to an activating group) is 1. The number of nitrogens with two attached hydrogens (primary N) is 1. The average Bonchev–Trinajstić information content (AvgIpc) is 2.46. The maximum atomic E-state index is 12.0. The molecular formula is C15H24N4O2. The van der Waals surface area contributed by atoms with Crippen molar-refractivity contribution >= 4 is 17.5 Å². The third kappa shape index (κ3) is 5.53. The summed E-state index contributed by atoms with van der Waals surface area (Å²) in [4.78, 5) is 25.3. The number of rotatable bonds is 7. The molecule has 21 heavy (non-hydrogen) atoms. The van der Waals surface area contributed by atoms with Crippen LogP contribution >= 0.6 is 0 Å². The van der Waals surface area contributed by atoms with Gasteiger partial charge in [-0.3, -0.25) is 14.5 Å². The van der Waals surface area contributed by atoms with Crippen molar-refractivity contribution in [2.24, 2.45) is 11.7 Å². The lowest BCUT2D eigenvalue weighted by molar-refractivity contribution is -0.125. The maximum absolute atomic E-state index is 12.0. The number of anilines is 1. The van der Waals surface area contributed by atoms with E-state index in [0.717, 1.165) is 11.3 Å². The molecule has 6 nitrogen and oxygen atoms in total. The van der Waals surface area contributed by atoms with Crippen LogP contribution in [0.2, 0.25) is 0 Å². The van der Waals surface area contributed by atoms with Crippen molar-refractivity contribution in [2.45, 2.75) is 13.5 Å². The number of hydrogen-bond donors (Lipinski definition) is 3. The first-order valence-electron chi connectivity index (χ1n) is 6.95. The van der Waals surface area contributed by atoms with E-state index in [-0.39, 0.29) is 24.3 Å². The second-order valence-electron chi connectivity index (χ2n) is 5.12. The summed E-state index contributed by atoms with van der Waals surface area (Å²) in [6, 6.07) is 7.45. The highest BCUT2D eigenvalue weighted by Gasteiger charge is 2.15. The van der Waals surface area contributed by atoms with Crippen molar-refractivity contribution in [2.75, 3.05) is 32.5 Å². The average molecular weight is 292 g/mol. The highest BCUT2D eigenvalue weighted by atomic mass is 16.2. The molecule has 0 spiro atoms. The Hall–Kier alpha value is -1.92. The quantitative estimate of drug-likeness (QED) is 0.679. The lowest BCUT2D eigenvalue weighted by Gasteiger charge is -2.20. The van der Waals surface area contributed by atoms with Gasteiger partial charge in [0.1, 0.15) is 0 Å². The van der Waals surface area contributed by atoms with Crippen molar-refractivity contribution in [3.05, 3.63) is 29.8 Å². The highest BCUT2D eigenvalue weighted by Crippen LogP contribution is 2.13. The largest absolute Gasteiger partial charge is 0.359 e. The molecule has 0 saturated carbocycles. The number of hydrogen-bond acceptors (Lipinski definition) is 4. The van der Waals surface area contributed by atoms with Crippen molar-refractivity contribution < 1.29 is 9.59 Å². The van der Waals surface area contributed by atoms with Gasteiger partial charge in [-0.15, -0.1) is 0 Å². The Balaban J connectivity index is 2.51. The normalized spacial score (nSPS) is 12.0. The molecular weight excluding hydrogens is 268 g/mol. The summed E-state index contributed by atoms with van der Waals surface area (Å²) in [5.41, 5.74) is 7.27. The monoisotopic (exact) mass is 292 g/mol. The van der Waals surface area contributed by atoms with Crippen molar-refractivity contribution in [1.82, 2.24) is 10.2 Å². The Morgan fingerprint density at radius 1 is 1.33 bits per heavy atom. The lowest BCUT2D eigenvalue weighted by Crippen LogP contribution is -2.38. The molecule has 0 saturated heterocycles. The van der Waals surface area contributed by atoms with Gasteiger partial charge in [-0.1, -0.05) is 25.1 Å². The molecule has 1 unspecified atom stereocenters. The lowest BCUT2D eigenvalue weighted by atomic mass is 10.1. The van der Waals surface area contributed by atoms with E-state index in [1.165, 1.54) is 0 Å². The SMILES string of the molecule is CNC(=O)C(C)CN(C)CC(=O)Nc1ccccc1CN. The molecule has 1 aromatic carbocycles. The van der Waals surface area contributed by atoms with E-state index < -0.39 is 0 Å². The zero-order valence-corrected chi connectivity index (χ0v) is 12.8. The Morgan fingerprint density at radius 3 is 2.62 bits per heavy atom. The molecule has 116 valence electrons. The Morgan fingerprint density at radius 2 is 2.00 bits per heavy atom. The van der Waals surface area contributed by atoms with Crippen LogP contribution in [0.4, 0.5) is 5.69 Å². The topological polar surface area (TPSA) is 87.5 Å². The zero-order valence-electron chi connectivity index (χ0n) is 12.8. The van der Waals surface area contributed by atoms with Crippen LogP contribution in [0.15, 0.2) is 24.3 Å². The van der Waals surface area contributed by atoms with Crippen LogP contribution in [-0.2, 0) is 16.1 Å². The fourth-order valence-corrected chi connectivity index (χ4v) is 2.12. The van der Waals surface area contributed by atoms with E-state index in [2.05, 4.69) is 10.6 Å². The third-order valence-electron chi connectivity index (χ3n) is 3.20. The summed E-state index contributed by atoms with van der Waals surface area (Å²) in [5.74, 6) is -0.317. The van der Waals surface area contributed by atoms with Crippen molar-refractivity contribution in [1.29, 1.82) is 0 Å². The number of para-hydroxylation sites is 1. The minimum atomic E-state index is -0.163. The molecule has 6 heteroatoms. The van der Waals surface area contributed by atoms with Gasteiger partial charge in [0.15, 0.2) is 0 Å². The highest BCUT2D eigenvalue weighted by molar-refractivity contribution is 5.93. The predicted octanol–water partition coefficient (Wildman–Crippen LogP) is 0.398. The van der Waals surface area contributed by atoms with E-state index in [1.54, 1.807) is 7.05 Å². The van der Waals surface area contributed by atoms with E-state index in [1.807, 2.05) is 43.1 Å². The summed E-state index contributed by atoms with van der Waals surface area (Å²) in [5, 5.41) is 5.45. The van der Waals surface area contributed by atoms with Gasteiger partial charge in [0.05, 0.1) is 6.54 Å². The van der Waals surface area contributed by atoms with Gasteiger partial charge < -0.3 is 16.4 Å². The molecule has 0 aliphatic carbocycles. The molecule has 0 heterocycles. The number of nitrogens with zero attached hydrogens (tertiary/aromatic N) is 1. The summed E-state index contributed by atoms with van der Waals surface area (Å²) in [7, 11) is 3.42. The molecule has 1 atom stereocenters. The molecule has 2 amide bonds. The second-order valence-corrected chi connectivity index (χ2v) is 5.12. The molecule has 0 fully saturated rings. The minimum Gasteiger partial charge on any atom is -0.359 e. The van der Waals surface area contributed by atoms with Crippen molar-refractivity contribution in [3.63, 3.8) is 0 Å². The third-order valence-corrected chi connectivity index (χ3v) is 3.20. The first kappa shape index (κ1) is 17.1. The smallest absolute Gasteiger partial charge is 0.238 e. The molecule has 0 aliphatic heterocycles. The summed E-state index contributed by atoms with van der Waals surface area (Å²) >= 11 is 0. The van der Waals surface area contributed by atoms with Gasteiger partial charge in [-0.25, -0.2) is 0 Å². The number of amides is 2. The first-order valence-corrected chi connectivity index (χ1v) is 6.95. The Labute approximate surface area is 125 Å². The van der Waals surface area contributed by atoms with Gasteiger partial charge >= 0.3 is 0 Å². The molecule has 4 N–H and O–H groups in total. The van der Waals surface area contributed by atoms with Crippen LogP contribution in [0.1, 0.15) is 12.5 Å². The molecule has 1 aromatic rings. The fraction of sp³-hybridized carbons (Fsp3) is 0.467. The van der Waals surface area contributed by atoms with Gasteiger partial charge in [-0.2, -0.15) is 0 Å². The van der Waals surface area contributed by atoms with E-state index >= 15 is 0 Å². The minimum absolute atomic E-state index is 0.0317. The van der Waals surface area contributed by atoms with Crippen LogP contribution in [0.25, 0.3) is 0 Å². The number of nitrogens with one attached hydrogen (secondary N) is 2. The molecule has 0 aliphatic rings. The second kappa shape index (κ2) is 8.39. The molecule has 0 aromatic heterocycles. The number of carbonyl (C=O) groups is 2. The molecule has 1 rings (SSSR count). The maximum Gasteiger partial charge on any atom is 0.238 e. The number of carbonyl (C=O) groups excluding carboxylic acids is 2. The van der Waals surface area contributed by atoms with Crippen LogP contribution in [-0.4, -0.2) is 43.9 Å². The number of benzene rings is 1. The zero-order chi connectivity index (χ0) is 15.8. The van der Waals surface area contributed by atoms with Crippen LogP contribution in [0, 0.1) is 5.92 Å². The van der Waals surface area contributed by atoms with Crippen LogP contribution < -0.4 is 16.4 Å². The van der Waals surface area contributed by atoms with Crippen LogP contribution in [0.5, 0.6) is 0 Å². The van der Waals surface area contributed by atoms with Gasteiger partial charge in [0.2, 0.25) is 11.8 Å². The molecule has 0 bridgehead atoms. The van der Waals surface area contributed by atoms with Crippen LogP contribution in [0.3, 0.4) is 0 Å². The van der Waals surface area contributed by atoms with Gasteiger partial charge in [-0.05, 0) is 18.7 Å². The standard InChI is InChI=1S/C15H24N4O2/c1-11(15(21)17-2)9-19(3)10-14(20)18-13-7-5-4-6-12(13)8-16/h4-7,11H,8-10,16H2,1-3H3,(H,17,21)(H,18,20). The van der Waals surface area contributed by atoms with E-state index in [9.17, 15) is 9.59 Å². The Bertz CT molecular complexity index is 490. The summed E-state index contributed by atoms with van der Waals surface area (Å²) < 4.78 is 0. The van der Waals surface area contributed by atoms with E-state index in [0.29, 0.717) is 13.1 Å². The fourth-order valence-electron chi connectivity index (χ4n) is 2.12. The molecule has 0 radical (unpaired) electrons. The predicted molar refractivity (Wildman–Crippen MR) is 83.7 cm³/mol. The summed E-state index contributed by atoms with van der Waals surface area (Å²) in [6.45, 7) is 2.95. The van der Waals surface area contributed by atoms with E-state index in [4.69, 9.17) is 5.73 Å². The first-order chi connectivity index (χ1) is 9.97. The van der Waals surface area contributed by atoms with Crippen molar-refractivity contribution in [3.8, 4) is 0 Å². The summed E-state index contributed by atoms with van der Waals surface area (Å²) in [6.07, 6.45) is 0.